The van der Waals surface area contributed by atoms with Crippen LogP contribution in [-0.2, 0) is 9.59 Å². The average molecular weight is 328 g/mol. The molecule has 1 heterocycles. The SMILES string of the molecule is O=C(O)[C@H]1CCCN1C(=O)C1CC1c1cccc(Cl)c1Cl. The second kappa shape index (κ2) is 5.50. The highest BCUT2D eigenvalue weighted by Gasteiger charge is 2.49. The zero-order valence-electron chi connectivity index (χ0n) is 11.3. The van der Waals surface area contributed by atoms with Gasteiger partial charge in [0.2, 0.25) is 5.91 Å². The summed E-state index contributed by atoms with van der Waals surface area (Å²) in [5.74, 6) is -1.10. The maximum absolute atomic E-state index is 12.5. The van der Waals surface area contributed by atoms with Crippen LogP contribution in [0.3, 0.4) is 0 Å². The van der Waals surface area contributed by atoms with Gasteiger partial charge in [0.1, 0.15) is 6.04 Å². The molecule has 1 saturated carbocycles. The summed E-state index contributed by atoms with van der Waals surface area (Å²) >= 11 is 12.2. The Morgan fingerprint density at radius 3 is 2.76 bits per heavy atom. The zero-order chi connectivity index (χ0) is 15.1. The minimum Gasteiger partial charge on any atom is -0.480 e. The average Bonchev–Trinajstić information content (AvgIpc) is 3.07. The van der Waals surface area contributed by atoms with E-state index >= 15 is 0 Å². The number of aliphatic carboxylic acids is 1. The molecular formula is C15H15Cl2NO3. The highest BCUT2D eigenvalue weighted by Crippen LogP contribution is 2.51. The molecule has 21 heavy (non-hydrogen) atoms. The topological polar surface area (TPSA) is 57.6 Å². The van der Waals surface area contributed by atoms with Gasteiger partial charge in [-0.1, -0.05) is 35.3 Å². The summed E-state index contributed by atoms with van der Waals surface area (Å²) in [6.45, 7) is 0.530. The number of nitrogens with zero attached hydrogens (tertiary/aromatic N) is 1. The fourth-order valence-corrected chi connectivity index (χ4v) is 3.57. The summed E-state index contributed by atoms with van der Waals surface area (Å²) in [7, 11) is 0. The molecule has 1 aromatic rings. The first-order chi connectivity index (χ1) is 10.0. The van der Waals surface area contributed by atoms with Crippen LogP contribution in [0, 0.1) is 5.92 Å². The highest BCUT2D eigenvalue weighted by atomic mass is 35.5. The second-order valence-electron chi connectivity index (χ2n) is 5.62. The predicted octanol–water partition coefficient (Wildman–Crippen LogP) is 3.17. The molecule has 2 unspecified atom stereocenters. The monoisotopic (exact) mass is 327 g/mol. The third-order valence-corrected chi connectivity index (χ3v) is 5.14. The van der Waals surface area contributed by atoms with E-state index in [0.29, 0.717) is 29.4 Å². The molecule has 4 nitrogen and oxygen atoms in total. The summed E-state index contributed by atoms with van der Waals surface area (Å²) < 4.78 is 0. The molecule has 112 valence electrons. The van der Waals surface area contributed by atoms with Gasteiger partial charge in [-0.25, -0.2) is 4.79 Å². The highest BCUT2D eigenvalue weighted by molar-refractivity contribution is 6.42. The van der Waals surface area contributed by atoms with Crippen molar-refractivity contribution in [3.05, 3.63) is 33.8 Å². The van der Waals surface area contributed by atoms with E-state index in [1.807, 2.05) is 12.1 Å². The van der Waals surface area contributed by atoms with Gasteiger partial charge < -0.3 is 10.0 Å². The quantitative estimate of drug-likeness (QED) is 0.927. The maximum atomic E-state index is 12.5. The number of halogens is 2. The maximum Gasteiger partial charge on any atom is 0.326 e. The summed E-state index contributed by atoms with van der Waals surface area (Å²) in [5, 5.41) is 10.1. The van der Waals surface area contributed by atoms with Crippen molar-refractivity contribution in [3.63, 3.8) is 0 Å². The number of carboxylic acid groups (broad SMARTS) is 1. The Labute approximate surface area is 132 Å². The fraction of sp³-hybridized carbons (Fsp3) is 0.467. The molecular weight excluding hydrogens is 313 g/mol. The minimum absolute atomic E-state index is 0.0544. The minimum atomic E-state index is -0.918. The fourth-order valence-electron chi connectivity index (χ4n) is 3.12. The molecule has 1 aromatic carbocycles. The van der Waals surface area contributed by atoms with Crippen molar-refractivity contribution >= 4 is 35.1 Å². The van der Waals surface area contributed by atoms with E-state index in [1.54, 1.807) is 6.07 Å². The molecule has 0 aromatic heterocycles. The van der Waals surface area contributed by atoms with Crippen LogP contribution >= 0.6 is 23.2 Å². The summed E-state index contributed by atoms with van der Waals surface area (Å²) in [4.78, 5) is 25.2. The van der Waals surface area contributed by atoms with Crippen molar-refractivity contribution < 1.29 is 14.7 Å². The van der Waals surface area contributed by atoms with E-state index in [1.165, 1.54) is 4.90 Å². The number of amides is 1. The van der Waals surface area contributed by atoms with Crippen LogP contribution in [0.2, 0.25) is 10.0 Å². The number of carbonyl (C=O) groups is 2. The van der Waals surface area contributed by atoms with E-state index in [9.17, 15) is 9.59 Å². The van der Waals surface area contributed by atoms with Crippen molar-refractivity contribution in [2.45, 2.75) is 31.2 Å². The number of carbonyl (C=O) groups excluding carboxylic acids is 1. The molecule has 0 radical (unpaired) electrons. The van der Waals surface area contributed by atoms with Crippen LogP contribution in [0.1, 0.15) is 30.7 Å². The van der Waals surface area contributed by atoms with E-state index in [4.69, 9.17) is 28.3 Å². The van der Waals surface area contributed by atoms with Gasteiger partial charge in [0.05, 0.1) is 10.0 Å². The Hall–Kier alpha value is -1.26. The lowest BCUT2D eigenvalue weighted by Crippen LogP contribution is -2.41. The normalized spacial score (nSPS) is 27.7. The molecule has 1 amide bonds. The number of hydrogen-bond acceptors (Lipinski definition) is 2. The largest absolute Gasteiger partial charge is 0.480 e. The van der Waals surface area contributed by atoms with Crippen LogP contribution in [0.25, 0.3) is 0 Å². The van der Waals surface area contributed by atoms with E-state index in [-0.39, 0.29) is 17.7 Å². The first-order valence-electron chi connectivity index (χ1n) is 6.98. The summed E-state index contributed by atoms with van der Waals surface area (Å²) in [5.41, 5.74) is 0.883. The lowest BCUT2D eigenvalue weighted by molar-refractivity contribution is -0.148. The molecule has 3 rings (SSSR count). The number of benzene rings is 1. The number of carboxylic acids is 1. The zero-order valence-corrected chi connectivity index (χ0v) is 12.8. The third-order valence-electron chi connectivity index (χ3n) is 4.31. The molecule has 0 bridgehead atoms. The summed E-state index contributed by atoms with van der Waals surface area (Å²) in [6.07, 6.45) is 2.00. The lowest BCUT2D eigenvalue weighted by atomic mass is 10.1. The molecule has 1 N–H and O–H groups in total. The van der Waals surface area contributed by atoms with Crippen LogP contribution in [-0.4, -0.2) is 34.5 Å². The number of rotatable bonds is 3. The molecule has 1 aliphatic carbocycles. The predicted molar refractivity (Wildman–Crippen MR) is 79.7 cm³/mol. The third kappa shape index (κ3) is 2.62. The van der Waals surface area contributed by atoms with Gasteiger partial charge in [0, 0.05) is 12.5 Å². The second-order valence-corrected chi connectivity index (χ2v) is 6.40. The smallest absolute Gasteiger partial charge is 0.326 e. The van der Waals surface area contributed by atoms with Gasteiger partial charge in [0.15, 0.2) is 0 Å². The van der Waals surface area contributed by atoms with Gasteiger partial charge in [-0.2, -0.15) is 0 Å². The lowest BCUT2D eigenvalue weighted by Gasteiger charge is -2.21. The van der Waals surface area contributed by atoms with Crippen molar-refractivity contribution in [1.82, 2.24) is 4.90 Å². The van der Waals surface area contributed by atoms with Crippen LogP contribution in [0.5, 0.6) is 0 Å². The standard InChI is InChI=1S/C15H15Cl2NO3/c16-11-4-1-3-8(13(11)17)9-7-10(9)14(19)18-6-2-5-12(18)15(20)21/h1,3-4,9-10,12H,2,5-7H2,(H,20,21)/t9?,10?,12-/m1/s1. The first kappa shape index (κ1) is 14.7. The Kier molecular flexibility index (Phi) is 3.84. The number of likely N-dealkylation sites (tertiary alicyclic amines) is 1. The molecule has 1 aliphatic heterocycles. The van der Waals surface area contributed by atoms with Gasteiger partial charge in [-0.3, -0.25) is 4.79 Å². The summed E-state index contributed by atoms with van der Waals surface area (Å²) in [6, 6.07) is 4.74. The van der Waals surface area contributed by atoms with Crippen molar-refractivity contribution in [2.24, 2.45) is 5.92 Å². The molecule has 2 aliphatic rings. The Balaban J connectivity index is 1.74. The first-order valence-corrected chi connectivity index (χ1v) is 7.73. The van der Waals surface area contributed by atoms with E-state index in [0.717, 1.165) is 12.0 Å². The molecule has 6 heteroatoms. The Morgan fingerprint density at radius 1 is 1.29 bits per heavy atom. The van der Waals surface area contributed by atoms with Crippen LogP contribution < -0.4 is 0 Å². The van der Waals surface area contributed by atoms with Crippen molar-refractivity contribution in [2.75, 3.05) is 6.54 Å². The van der Waals surface area contributed by atoms with Crippen LogP contribution in [0.4, 0.5) is 0 Å². The van der Waals surface area contributed by atoms with Crippen LogP contribution in [0.15, 0.2) is 18.2 Å². The van der Waals surface area contributed by atoms with Crippen molar-refractivity contribution in [1.29, 1.82) is 0 Å². The van der Waals surface area contributed by atoms with E-state index < -0.39 is 12.0 Å². The Bertz CT molecular complexity index is 605. The van der Waals surface area contributed by atoms with E-state index in [2.05, 4.69) is 0 Å². The molecule has 2 fully saturated rings. The molecule has 1 saturated heterocycles. The molecule has 0 spiro atoms. The van der Waals surface area contributed by atoms with Crippen molar-refractivity contribution in [3.8, 4) is 0 Å². The molecule has 3 atom stereocenters. The van der Waals surface area contributed by atoms with Gasteiger partial charge in [-0.05, 0) is 36.8 Å². The van der Waals surface area contributed by atoms with Gasteiger partial charge in [-0.15, -0.1) is 0 Å². The Morgan fingerprint density at radius 2 is 2.05 bits per heavy atom. The number of hydrogen-bond donors (Lipinski definition) is 1. The van der Waals surface area contributed by atoms with Gasteiger partial charge >= 0.3 is 5.97 Å². The van der Waals surface area contributed by atoms with Gasteiger partial charge in [0.25, 0.3) is 0 Å².